The zero-order valence-electron chi connectivity index (χ0n) is 10.6. The summed E-state index contributed by atoms with van der Waals surface area (Å²) in [6.45, 7) is 6.93. The highest BCUT2D eigenvalue weighted by molar-refractivity contribution is 7.48. The molecule has 1 heterocycles. The number of rotatable bonds is 1. The van der Waals surface area contributed by atoms with Crippen LogP contribution in [0.15, 0.2) is 36.1 Å². The minimum atomic E-state index is -0.0772. The molecule has 0 N–H and O–H groups in total. The van der Waals surface area contributed by atoms with E-state index in [1.807, 2.05) is 0 Å². The first-order chi connectivity index (χ1) is 8.18. The summed E-state index contributed by atoms with van der Waals surface area (Å²) >= 11 is 0. The first-order valence-corrected chi connectivity index (χ1v) is 7.97. The number of hydrogen-bond donors (Lipinski definition) is 0. The molecule has 2 unspecified atom stereocenters. The Bertz CT molecular complexity index is 582. The van der Waals surface area contributed by atoms with E-state index in [-0.39, 0.29) is 7.53 Å². The number of benzene rings is 1. The second-order valence-electron chi connectivity index (χ2n) is 4.91. The van der Waals surface area contributed by atoms with Gasteiger partial charge in [0.05, 0.1) is 0 Å². The fourth-order valence-electron chi connectivity index (χ4n) is 2.86. The van der Waals surface area contributed by atoms with Gasteiger partial charge in [-0.05, 0) is 47.7 Å². The van der Waals surface area contributed by atoms with Gasteiger partial charge in [0.25, 0.3) is 0 Å². The third-order valence-corrected chi connectivity index (χ3v) is 5.70. The van der Waals surface area contributed by atoms with Crippen molar-refractivity contribution in [1.82, 2.24) is 0 Å². The molecule has 0 amide bonds. The summed E-state index contributed by atoms with van der Waals surface area (Å²) in [4.78, 5) is 0. The Balaban J connectivity index is 2.15. The normalized spacial score (nSPS) is 19.1. The average Bonchev–Trinajstić information content (AvgIpc) is 2.82. The predicted octanol–water partition coefficient (Wildman–Crippen LogP) is 5.18. The van der Waals surface area contributed by atoms with Crippen molar-refractivity contribution in [2.24, 2.45) is 6.66 Å². The summed E-state index contributed by atoms with van der Waals surface area (Å²) < 4.78 is 0. The summed E-state index contributed by atoms with van der Waals surface area (Å²) in [7, 11) is -0.0772. The number of fused-ring (bicyclic) bond motifs is 1. The molecule has 0 saturated heterocycles. The van der Waals surface area contributed by atoms with Gasteiger partial charge in [-0.1, -0.05) is 37.3 Å². The van der Waals surface area contributed by atoms with E-state index in [2.05, 4.69) is 62.7 Å². The molecule has 1 aromatic carbocycles. The largest absolute Gasteiger partial charge is 0.120 e. The van der Waals surface area contributed by atoms with Crippen molar-refractivity contribution >= 4 is 19.2 Å². The number of aryl methyl sites for hydroxylation is 2. The molecule has 1 aliphatic rings. The van der Waals surface area contributed by atoms with E-state index in [9.17, 15) is 0 Å². The Labute approximate surface area is 104 Å². The molecule has 0 saturated carbocycles. The van der Waals surface area contributed by atoms with Gasteiger partial charge < -0.3 is 0 Å². The molecule has 1 aliphatic carbocycles. The third kappa shape index (κ3) is 1.59. The van der Waals surface area contributed by atoms with Crippen LogP contribution in [0.5, 0.6) is 0 Å². The molecule has 0 spiro atoms. The molecular formula is C16H17P. The van der Waals surface area contributed by atoms with Gasteiger partial charge in [-0.2, -0.15) is 0 Å². The van der Waals surface area contributed by atoms with E-state index < -0.39 is 0 Å². The van der Waals surface area contributed by atoms with Gasteiger partial charge in [0, 0.05) is 11.2 Å². The van der Waals surface area contributed by atoms with E-state index >= 15 is 0 Å². The first kappa shape index (κ1) is 10.9. The lowest BCUT2D eigenvalue weighted by atomic mass is 9.96. The summed E-state index contributed by atoms with van der Waals surface area (Å²) in [6.07, 6.45) is 2.39. The maximum absolute atomic E-state index is 2.39. The van der Waals surface area contributed by atoms with Crippen molar-refractivity contribution < 1.29 is 0 Å². The van der Waals surface area contributed by atoms with Crippen molar-refractivity contribution in [2.75, 3.05) is 0 Å². The lowest BCUT2D eigenvalue weighted by Gasteiger charge is -2.13. The van der Waals surface area contributed by atoms with Gasteiger partial charge in [-0.3, -0.25) is 0 Å². The summed E-state index contributed by atoms with van der Waals surface area (Å²) in [5.41, 5.74) is 5.90. The number of hydrogen-bond acceptors (Lipinski definition) is 0. The standard InChI is InChI=1S/C16H17P/c1-11-8-9-17(3)16(11)15-10-13-6-4-5-7-14(13)12(15)2/h4-10,12H,1-3H3. The van der Waals surface area contributed by atoms with Crippen molar-refractivity contribution in [2.45, 2.75) is 19.8 Å². The highest BCUT2D eigenvalue weighted by atomic mass is 31.1. The summed E-state index contributed by atoms with van der Waals surface area (Å²) in [5.74, 6) is 2.93. The molecule has 17 heavy (non-hydrogen) atoms. The Hall–Kier alpha value is -1.26. The Morgan fingerprint density at radius 2 is 1.88 bits per heavy atom. The van der Waals surface area contributed by atoms with Crippen molar-refractivity contribution in [3.63, 3.8) is 0 Å². The molecule has 2 atom stereocenters. The van der Waals surface area contributed by atoms with Crippen LogP contribution in [0.3, 0.4) is 0 Å². The Kier molecular flexibility index (Phi) is 2.49. The van der Waals surface area contributed by atoms with Gasteiger partial charge in [-0.15, -0.1) is 7.53 Å². The third-order valence-electron chi connectivity index (χ3n) is 3.79. The summed E-state index contributed by atoms with van der Waals surface area (Å²) in [5, 5.41) is 1.60. The van der Waals surface area contributed by atoms with Gasteiger partial charge in [0.2, 0.25) is 0 Å². The van der Waals surface area contributed by atoms with Crippen LogP contribution in [0.4, 0.5) is 0 Å². The van der Waals surface area contributed by atoms with Crippen LogP contribution in [-0.2, 0) is 6.66 Å². The second kappa shape index (κ2) is 3.89. The van der Waals surface area contributed by atoms with Gasteiger partial charge in [-0.25, -0.2) is 0 Å². The molecule has 1 aromatic heterocycles. The maximum atomic E-state index is 2.39. The van der Waals surface area contributed by atoms with E-state index in [4.69, 9.17) is 0 Å². The maximum Gasteiger partial charge on any atom is 0.00764 e. The fraction of sp³-hybridized carbons (Fsp3) is 0.250. The zero-order valence-corrected chi connectivity index (χ0v) is 11.5. The van der Waals surface area contributed by atoms with Crippen molar-refractivity contribution in [1.29, 1.82) is 0 Å². The molecular weight excluding hydrogens is 223 g/mol. The van der Waals surface area contributed by atoms with Crippen molar-refractivity contribution in [3.8, 4) is 0 Å². The van der Waals surface area contributed by atoms with E-state index in [0.717, 1.165) is 0 Å². The predicted molar refractivity (Wildman–Crippen MR) is 77.6 cm³/mol. The van der Waals surface area contributed by atoms with Crippen LogP contribution in [-0.4, -0.2) is 0 Å². The minimum absolute atomic E-state index is 0.0772. The SMILES string of the molecule is Cc1ccp(C)c1C1=Cc2ccccc2C1C. The molecule has 0 aliphatic heterocycles. The lowest BCUT2D eigenvalue weighted by molar-refractivity contribution is 1.01. The highest BCUT2D eigenvalue weighted by Crippen LogP contribution is 2.49. The van der Waals surface area contributed by atoms with Crippen molar-refractivity contribution in [3.05, 3.63) is 58.1 Å². The highest BCUT2D eigenvalue weighted by Gasteiger charge is 2.24. The number of allylic oxidation sites excluding steroid dienone is 1. The molecule has 86 valence electrons. The van der Waals surface area contributed by atoms with Gasteiger partial charge in [0.15, 0.2) is 0 Å². The van der Waals surface area contributed by atoms with Crippen LogP contribution in [0, 0.1) is 6.92 Å². The zero-order chi connectivity index (χ0) is 12.0. The topological polar surface area (TPSA) is 0 Å². The van der Waals surface area contributed by atoms with E-state index in [1.165, 1.54) is 16.7 Å². The smallest absolute Gasteiger partial charge is 0.00764 e. The molecule has 1 heteroatoms. The lowest BCUT2D eigenvalue weighted by Crippen LogP contribution is -1.92. The molecule has 0 nitrogen and oxygen atoms in total. The minimum Gasteiger partial charge on any atom is -0.120 e. The van der Waals surface area contributed by atoms with Gasteiger partial charge in [0.1, 0.15) is 0 Å². The average molecular weight is 240 g/mol. The van der Waals surface area contributed by atoms with Gasteiger partial charge >= 0.3 is 0 Å². The molecule has 0 radical (unpaired) electrons. The molecule has 0 fully saturated rings. The quantitative estimate of drug-likeness (QED) is 0.644. The van der Waals surface area contributed by atoms with Crippen LogP contribution in [0.25, 0.3) is 11.6 Å². The summed E-state index contributed by atoms with van der Waals surface area (Å²) in [6, 6.07) is 11.1. The van der Waals surface area contributed by atoms with E-state index in [1.54, 1.807) is 10.9 Å². The van der Waals surface area contributed by atoms with Crippen LogP contribution < -0.4 is 0 Å². The molecule has 3 rings (SSSR count). The Morgan fingerprint density at radius 1 is 1.12 bits per heavy atom. The second-order valence-corrected chi connectivity index (χ2v) is 6.88. The molecule has 2 aromatic rings. The van der Waals surface area contributed by atoms with Crippen LogP contribution >= 0.6 is 7.53 Å². The monoisotopic (exact) mass is 240 g/mol. The first-order valence-electron chi connectivity index (χ1n) is 6.11. The fourth-order valence-corrected chi connectivity index (χ4v) is 4.75. The van der Waals surface area contributed by atoms with Crippen LogP contribution in [0.1, 0.15) is 34.8 Å². The molecule has 0 bridgehead atoms. The Morgan fingerprint density at radius 3 is 2.53 bits per heavy atom. The van der Waals surface area contributed by atoms with Crippen LogP contribution in [0.2, 0.25) is 0 Å². The van der Waals surface area contributed by atoms with E-state index in [0.29, 0.717) is 5.92 Å².